The van der Waals surface area contributed by atoms with Gasteiger partial charge in [0.2, 0.25) is 5.91 Å². The highest BCUT2D eigenvalue weighted by Crippen LogP contribution is 2.12. The number of benzene rings is 1. The van der Waals surface area contributed by atoms with Crippen LogP contribution in [0.25, 0.3) is 0 Å². The van der Waals surface area contributed by atoms with Crippen LogP contribution in [0.4, 0.5) is 16.2 Å². The molecule has 1 fully saturated rings. The lowest BCUT2D eigenvalue weighted by Crippen LogP contribution is -2.36. The molecule has 0 bridgehead atoms. The molecular formula is C12H16N4O2. The molecule has 1 aliphatic rings. The van der Waals surface area contributed by atoms with Crippen molar-refractivity contribution in [3.8, 4) is 0 Å². The summed E-state index contributed by atoms with van der Waals surface area (Å²) in [4.78, 5) is 26.5. The van der Waals surface area contributed by atoms with Crippen LogP contribution in [0.1, 0.15) is 0 Å². The Hall–Kier alpha value is -2.24. The van der Waals surface area contributed by atoms with Crippen molar-refractivity contribution >= 4 is 23.3 Å². The molecule has 2 rings (SSSR count). The maximum Gasteiger partial charge on any atom is 0.320 e. The van der Waals surface area contributed by atoms with Gasteiger partial charge in [-0.25, -0.2) is 4.79 Å². The van der Waals surface area contributed by atoms with Crippen molar-refractivity contribution in [3.05, 3.63) is 24.3 Å². The largest absolute Gasteiger partial charge is 0.399 e. The molecule has 3 amide bonds. The third kappa shape index (κ3) is 2.71. The average Bonchev–Trinajstić information content (AvgIpc) is 2.61. The van der Waals surface area contributed by atoms with Crippen molar-refractivity contribution in [2.75, 3.05) is 37.7 Å². The first kappa shape index (κ1) is 12.2. The number of hydrogen-bond donors (Lipinski definition) is 2. The summed E-state index contributed by atoms with van der Waals surface area (Å²) >= 11 is 0. The normalized spacial score (nSPS) is 15.1. The molecule has 0 spiro atoms. The molecule has 0 saturated carbocycles. The Labute approximate surface area is 105 Å². The number of anilines is 2. The van der Waals surface area contributed by atoms with E-state index >= 15 is 0 Å². The number of likely N-dealkylation sites (N-methyl/N-ethyl adjacent to an activating group) is 1. The highest BCUT2D eigenvalue weighted by molar-refractivity contribution is 5.94. The van der Waals surface area contributed by atoms with E-state index in [2.05, 4.69) is 5.32 Å². The van der Waals surface area contributed by atoms with E-state index in [1.807, 2.05) is 0 Å². The van der Waals surface area contributed by atoms with Gasteiger partial charge in [-0.3, -0.25) is 4.79 Å². The van der Waals surface area contributed by atoms with Crippen LogP contribution in [0.15, 0.2) is 24.3 Å². The Balaban J connectivity index is 1.91. The molecule has 6 heteroatoms. The number of carbonyl (C=O) groups is 2. The van der Waals surface area contributed by atoms with Gasteiger partial charge in [0.05, 0.1) is 0 Å². The number of carbonyl (C=O) groups excluding carboxylic acids is 2. The lowest BCUT2D eigenvalue weighted by atomic mass is 10.3. The van der Waals surface area contributed by atoms with Crippen molar-refractivity contribution in [1.82, 2.24) is 9.80 Å². The molecule has 1 aromatic rings. The van der Waals surface area contributed by atoms with Crippen LogP contribution >= 0.6 is 0 Å². The molecule has 3 N–H and O–H groups in total. The summed E-state index contributed by atoms with van der Waals surface area (Å²) in [5.41, 5.74) is 6.84. The van der Waals surface area contributed by atoms with Gasteiger partial charge in [0, 0.05) is 31.5 Å². The van der Waals surface area contributed by atoms with Crippen molar-refractivity contribution in [1.29, 1.82) is 0 Å². The van der Waals surface area contributed by atoms with E-state index in [1.165, 1.54) is 4.90 Å². The summed E-state index contributed by atoms with van der Waals surface area (Å²) < 4.78 is 0. The van der Waals surface area contributed by atoms with Gasteiger partial charge < -0.3 is 20.9 Å². The SMILES string of the molecule is CN1CCN(CC(=O)Nc2cccc(N)c2)C1=O. The molecule has 1 heterocycles. The smallest absolute Gasteiger partial charge is 0.320 e. The zero-order valence-electron chi connectivity index (χ0n) is 10.2. The van der Waals surface area contributed by atoms with Crippen LogP contribution in [0.2, 0.25) is 0 Å². The monoisotopic (exact) mass is 248 g/mol. The topological polar surface area (TPSA) is 78.7 Å². The van der Waals surface area contributed by atoms with Gasteiger partial charge in [0.25, 0.3) is 0 Å². The predicted molar refractivity (Wildman–Crippen MR) is 69.1 cm³/mol. The Morgan fingerprint density at radius 2 is 2.22 bits per heavy atom. The van der Waals surface area contributed by atoms with Crippen molar-refractivity contribution in [2.45, 2.75) is 0 Å². The summed E-state index contributed by atoms with van der Waals surface area (Å²) in [5, 5.41) is 2.71. The number of nitrogens with two attached hydrogens (primary N) is 1. The van der Waals surface area contributed by atoms with E-state index < -0.39 is 0 Å². The van der Waals surface area contributed by atoms with Gasteiger partial charge >= 0.3 is 6.03 Å². The molecular weight excluding hydrogens is 232 g/mol. The maximum atomic E-state index is 11.8. The number of rotatable bonds is 3. The van der Waals surface area contributed by atoms with Crippen molar-refractivity contribution in [2.24, 2.45) is 0 Å². The molecule has 0 aromatic heterocycles. The molecule has 0 unspecified atom stereocenters. The van der Waals surface area contributed by atoms with Gasteiger partial charge in [0.1, 0.15) is 6.54 Å². The second-order valence-corrected chi connectivity index (χ2v) is 4.30. The number of urea groups is 1. The molecule has 18 heavy (non-hydrogen) atoms. The summed E-state index contributed by atoms with van der Waals surface area (Å²) in [7, 11) is 1.72. The maximum absolute atomic E-state index is 11.8. The Bertz CT molecular complexity index is 475. The minimum absolute atomic E-state index is 0.0674. The van der Waals surface area contributed by atoms with Gasteiger partial charge in [0.15, 0.2) is 0 Å². The first-order chi connectivity index (χ1) is 8.56. The molecule has 6 nitrogen and oxygen atoms in total. The van der Waals surface area contributed by atoms with Crippen LogP contribution in [0.3, 0.4) is 0 Å². The Morgan fingerprint density at radius 3 is 2.83 bits per heavy atom. The fourth-order valence-electron chi connectivity index (χ4n) is 1.84. The number of nitrogens with one attached hydrogen (secondary N) is 1. The Kier molecular flexibility index (Phi) is 3.36. The van der Waals surface area contributed by atoms with Crippen LogP contribution in [-0.4, -0.2) is 48.4 Å². The van der Waals surface area contributed by atoms with Crippen LogP contribution in [0, 0.1) is 0 Å². The number of nitrogen functional groups attached to an aromatic ring is 1. The fraction of sp³-hybridized carbons (Fsp3) is 0.333. The van der Waals surface area contributed by atoms with E-state index in [1.54, 1.807) is 36.2 Å². The standard InChI is InChI=1S/C12H16N4O2/c1-15-5-6-16(12(15)18)8-11(17)14-10-4-2-3-9(13)7-10/h2-4,7H,5-6,8,13H2,1H3,(H,14,17). The highest BCUT2D eigenvalue weighted by Gasteiger charge is 2.26. The van der Waals surface area contributed by atoms with E-state index in [9.17, 15) is 9.59 Å². The second-order valence-electron chi connectivity index (χ2n) is 4.30. The van der Waals surface area contributed by atoms with Crippen LogP contribution in [-0.2, 0) is 4.79 Å². The zero-order valence-corrected chi connectivity index (χ0v) is 10.2. The minimum Gasteiger partial charge on any atom is -0.399 e. The second kappa shape index (κ2) is 4.95. The third-order valence-corrected chi connectivity index (χ3v) is 2.81. The van der Waals surface area contributed by atoms with Crippen molar-refractivity contribution < 1.29 is 9.59 Å². The number of amides is 3. The molecule has 96 valence electrons. The number of hydrogen-bond acceptors (Lipinski definition) is 3. The first-order valence-corrected chi connectivity index (χ1v) is 5.71. The lowest BCUT2D eigenvalue weighted by molar-refractivity contribution is -0.116. The van der Waals surface area contributed by atoms with Crippen LogP contribution < -0.4 is 11.1 Å². The Morgan fingerprint density at radius 1 is 1.44 bits per heavy atom. The zero-order chi connectivity index (χ0) is 13.1. The molecule has 1 aromatic carbocycles. The fourth-order valence-corrected chi connectivity index (χ4v) is 1.84. The van der Waals surface area contributed by atoms with E-state index in [0.717, 1.165) is 0 Å². The van der Waals surface area contributed by atoms with E-state index in [0.29, 0.717) is 24.5 Å². The summed E-state index contributed by atoms with van der Waals surface area (Å²) in [6, 6.07) is 6.83. The van der Waals surface area contributed by atoms with Crippen molar-refractivity contribution in [3.63, 3.8) is 0 Å². The molecule has 0 radical (unpaired) electrons. The van der Waals surface area contributed by atoms with Crippen LogP contribution in [0.5, 0.6) is 0 Å². The van der Waals surface area contributed by atoms with Gasteiger partial charge in [-0.1, -0.05) is 6.07 Å². The summed E-state index contributed by atoms with van der Waals surface area (Å²) in [6.45, 7) is 1.31. The molecule has 0 atom stereocenters. The minimum atomic E-state index is -0.218. The predicted octanol–water partition coefficient (Wildman–Crippen LogP) is 0.575. The summed E-state index contributed by atoms with van der Waals surface area (Å²) in [5.74, 6) is -0.218. The lowest BCUT2D eigenvalue weighted by Gasteiger charge is -2.15. The summed E-state index contributed by atoms with van der Waals surface area (Å²) in [6.07, 6.45) is 0. The first-order valence-electron chi connectivity index (χ1n) is 5.71. The molecule has 1 saturated heterocycles. The molecule has 1 aliphatic heterocycles. The highest BCUT2D eigenvalue weighted by atomic mass is 16.2. The average molecular weight is 248 g/mol. The van der Waals surface area contributed by atoms with Gasteiger partial charge in [-0.05, 0) is 18.2 Å². The van der Waals surface area contributed by atoms with E-state index in [4.69, 9.17) is 5.73 Å². The van der Waals surface area contributed by atoms with Gasteiger partial charge in [-0.15, -0.1) is 0 Å². The third-order valence-electron chi connectivity index (χ3n) is 2.81. The van der Waals surface area contributed by atoms with Gasteiger partial charge in [-0.2, -0.15) is 0 Å². The molecule has 0 aliphatic carbocycles. The van der Waals surface area contributed by atoms with E-state index in [-0.39, 0.29) is 18.5 Å². The number of nitrogens with zero attached hydrogens (tertiary/aromatic N) is 2. The quantitative estimate of drug-likeness (QED) is 0.768.